The first-order valence-corrected chi connectivity index (χ1v) is 29.8. The van der Waals surface area contributed by atoms with Gasteiger partial charge in [-0.3, -0.25) is 9.98 Å². The van der Waals surface area contributed by atoms with Gasteiger partial charge >= 0.3 is 11.9 Å². The Bertz CT molecular complexity index is 2340. The van der Waals surface area contributed by atoms with Crippen molar-refractivity contribution >= 4 is 58.9 Å². The molecule has 5 aromatic rings. The van der Waals surface area contributed by atoms with Crippen LogP contribution in [0, 0.1) is 5.82 Å². The summed E-state index contributed by atoms with van der Waals surface area (Å²) in [5, 5.41) is 0.989. The Balaban J connectivity index is 0.961. The van der Waals surface area contributed by atoms with E-state index < -0.39 is 17.8 Å². The fraction of sp³-hybridized carbons (Fsp3) is 0.485. The molecule has 0 radical (unpaired) electrons. The highest BCUT2D eigenvalue weighted by molar-refractivity contribution is 6.32. The first kappa shape index (κ1) is 62.3. The van der Waals surface area contributed by atoms with E-state index in [1.54, 1.807) is 73.1 Å². The topological polar surface area (TPSA) is 95.8 Å². The number of ether oxygens (including phenoxy) is 4. The van der Waals surface area contributed by atoms with Crippen LogP contribution >= 0.6 is 23.2 Å². The summed E-state index contributed by atoms with van der Waals surface area (Å²) in [5.74, 6) is -1.14. The van der Waals surface area contributed by atoms with Crippen molar-refractivity contribution < 1.29 is 32.9 Å². The second-order valence-corrected chi connectivity index (χ2v) is 21.1. The summed E-state index contributed by atoms with van der Waals surface area (Å²) >= 11 is 13.1. The van der Waals surface area contributed by atoms with Crippen molar-refractivity contribution in [3.05, 3.63) is 141 Å². The molecule has 5 rings (SSSR count). The third-order valence-corrected chi connectivity index (χ3v) is 14.2. The zero-order chi connectivity index (χ0) is 54.6. The Morgan fingerprint density at radius 2 is 0.727 bits per heavy atom. The molecule has 11 heteroatoms. The van der Waals surface area contributed by atoms with E-state index in [1.165, 1.54) is 160 Å². The molecule has 0 fully saturated rings. The molecule has 0 unspecified atom stereocenters. The zero-order valence-electron chi connectivity index (χ0n) is 46.2. The molecule has 0 amide bonds. The highest BCUT2D eigenvalue weighted by Crippen LogP contribution is 2.31. The molecule has 416 valence electrons. The summed E-state index contributed by atoms with van der Waals surface area (Å²) in [7, 11) is 0. The maximum atomic E-state index is 14.7. The van der Waals surface area contributed by atoms with Crippen LogP contribution in [-0.2, 0) is 0 Å². The number of nitrogens with zero attached hydrogens (tertiary/aromatic N) is 2. The maximum absolute atomic E-state index is 14.7. The van der Waals surface area contributed by atoms with Gasteiger partial charge in [0.2, 0.25) is 0 Å². The molecule has 5 aromatic carbocycles. The highest BCUT2D eigenvalue weighted by Gasteiger charge is 2.15. The predicted molar refractivity (Wildman–Crippen MR) is 318 cm³/mol. The molecule has 0 aliphatic heterocycles. The number of halogens is 3. The van der Waals surface area contributed by atoms with E-state index in [1.807, 2.05) is 24.3 Å². The zero-order valence-corrected chi connectivity index (χ0v) is 47.7. The fourth-order valence-electron chi connectivity index (χ4n) is 9.03. The molecule has 0 aromatic heterocycles. The van der Waals surface area contributed by atoms with Gasteiger partial charge < -0.3 is 18.9 Å². The molecule has 0 N–H and O–H groups in total. The van der Waals surface area contributed by atoms with Gasteiger partial charge in [-0.1, -0.05) is 228 Å². The number of carbonyl (C=O) groups excluding carboxylic acids is 2. The predicted octanol–water partition coefficient (Wildman–Crippen LogP) is 20.8. The second kappa shape index (κ2) is 38.1. The van der Waals surface area contributed by atoms with E-state index in [0.717, 1.165) is 48.9 Å². The number of rotatable bonds is 40. The lowest BCUT2D eigenvalue weighted by Crippen LogP contribution is -2.11. The number of esters is 2. The minimum atomic E-state index is -0.745. The monoisotopic (exact) mass is 1090 g/mol. The van der Waals surface area contributed by atoms with Crippen LogP contribution in [0.15, 0.2) is 113 Å². The van der Waals surface area contributed by atoms with Gasteiger partial charge in [-0.2, -0.15) is 0 Å². The van der Waals surface area contributed by atoms with Crippen LogP contribution in [0.4, 0.5) is 15.8 Å². The first-order chi connectivity index (χ1) is 37.7. The van der Waals surface area contributed by atoms with E-state index in [-0.39, 0.29) is 22.6 Å². The van der Waals surface area contributed by atoms with Crippen molar-refractivity contribution in [1.82, 2.24) is 0 Å². The lowest BCUT2D eigenvalue weighted by atomic mass is 10.0. The summed E-state index contributed by atoms with van der Waals surface area (Å²) in [6, 6.07) is 27.5. The Morgan fingerprint density at radius 3 is 1.04 bits per heavy atom. The van der Waals surface area contributed by atoms with E-state index in [2.05, 4.69) is 23.8 Å². The van der Waals surface area contributed by atoms with Crippen molar-refractivity contribution in [2.45, 2.75) is 194 Å². The van der Waals surface area contributed by atoms with E-state index >= 15 is 0 Å². The molecule has 0 aliphatic carbocycles. The normalized spacial score (nSPS) is 11.4. The number of unbranched alkanes of at least 4 members (excludes halogenated alkanes) is 26. The summed E-state index contributed by atoms with van der Waals surface area (Å²) in [5.41, 5.74) is 3.26. The lowest BCUT2D eigenvalue weighted by molar-refractivity contribution is 0.0732. The van der Waals surface area contributed by atoms with Crippen LogP contribution in [-0.4, -0.2) is 37.6 Å². The summed E-state index contributed by atoms with van der Waals surface area (Å²) in [4.78, 5) is 35.2. The van der Waals surface area contributed by atoms with Crippen molar-refractivity contribution in [3.8, 4) is 23.0 Å². The molecule has 0 atom stereocenters. The third kappa shape index (κ3) is 26.1. The Kier molecular flexibility index (Phi) is 30.9. The van der Waals surface area contributed by atoms with Gasteiger partial charge in [0, 0.05) is 30.6 Å². The minimum Gasteiger partial charge on any atom is -0.492 e. The molecule has 0 heterocycles. The number of carbonyl (C=O) groups is 2. The van der Waals surface area contributed by atoms with Gasteiger partial charge in [0.05, 0.1) is 45.8 Å². The maximum Gasteiger partial charge on any atom is 0.343 e. The van der Waals surface area contributed by atoms with Gasteiger partial charge in [-0.25, -0.2) is 14.0 Å². The number of aliphatic imine (C=N–C) groups is 2. The van der Waals surface area contributed by atoms with Crippen LogP contribution in [0.2, 0.25) is 10.0 Å². The standard InChI is InChI=1S/C66H85Cl2FN2O6/c1-3-5-7-9-11-13-15-17-19-21-23-25-27-29-43-74-63-41-39-57(47-61(63)67)70-50-52-31-35-54(36-32-52)65(72)76-59-45-56(69)46-60(49-59)77-66(73)55-37-33-53(34-38-55)51-71-58-40-42-64(62(68)48-58)75-44-30-28-26-24-22-20-18-16-14-12-10-8-6-4-2/h31-42,45-51H,3-30,43-44H2,1-2H3. The molecule has 0 aliphatic rings. The first-order valence-electron chi connectivity index (χ1n) is 29.1. The quantitative estimate of drug-likeness (QED) is 0.0168. The molecule has 0 saturated heterocycles. The molecular weight excluding hydrogens is 1010 g/mol. The summed E-state index contributed by atoms with van der Waals surface area (Å²) < 4.78 is 37.6. The molecule has 0 spiro atoms. The van der Waals surface area contributed by atoms with Crippen molar-refractivity contribution in [3.63, 3.8) is 0 Å². The van der Waals surface area contributed by atoms with E-state index in [9.17, 15) is 14.0 Å². The van der Waals surface area contributed by atoms with Crippen LogP contribution in [0.25, 0.3) is 0 Å². The smallest absolute Gasteiger partial charge is 0.343 e. The lowest BCUT2D eigenvalue weighted by Gasteiger charge is -2.09. The summed E-state index contributed by atoms with van der Waals surface area (Å²) in [6.45, 7) is 5.79. The van der Waals surface area contributed by atoms with Crippen molar-refractivity contribution in [2.75, 3.05) is 13.2 Å². The van der Waals surface area contributed by atoms with Gasteiger partial charge in [0.25, 0.3) is 0 Å². The highest BCUT2D eigenvalue weighted by atomic mass is 35.5. The second-order valence-electron chi connectivity index (χ2n) is 20.3. The van der Waals surface area contributed by atoms with Gasteiger partial charge in [-0.05, 0) is 84.6 Å². The van der Waals surface area contributed by atoms with Gasteiger partial charge in [0.1, 0.15) is 28.8 Å². The average Bonchev–Trinajstić information content (AvgIpc) is 3.43. The average molecular weight is 1090 g/mol. The molecule has 0 saturated carbocycles. The van der Waals surface area contributed by atoms with Gasteiger partial charge in [0.15, 0.2) is 0 Å². The van der Waals surface area contributed by atoms with Crippen LogP contribution < -0.4 is 18.9 Å². The largest absolute Gasteiger partial charge is 0.492 e. The Labute approximate surface area is 470 Å². The number of benzene rings is 5. The van der Waals surface area contributed by atoms with Crippen LogP contribution in [0.3, 0.4) is 0 Å². The third-order valence-electron chi connectivity index (χ3n) is 13.6. The minimum absolute atomic E-state index is 0.122. The SMILES string of the molecule is CCCCCCCCCCCCCCCCOc1ccc(N=Cc2ccc(C(=O)Oc3cc(F)cc(OC(=O)c4ccc(C=Nc5ccc(OCCCCCCCCCCCCCCCC)c(Cl)c5)cc4)c3)cc2)cc1Cl. The number of hydrogen-bond acceptors (Lipinski definition) is 8. The van der Waals surface area contributed by atoms with Crippen LogP contribution in [0.5, 0.6) is 23.0 Å². The van der Waals surface area contributed by atoms with E-state index in [4.69, 9.17) is 42.1 Å². The molecule has 77 heavy (non-hydrogen) atoms. The Morgan fingerprint density at radius 1 is 0.416 bits per heavy atom. The van der Waals surface area contributed by atoms with E-state index in [0.29, 0.717) is 46.1 Å². The van der Waals surface area contributed by atoms with Crippen molar-refractivity contribution in [1.29, 1.82) is 0 Å². The molecule has 8 nitrogen and oxygen atoms in total. The number of hydrogen-bond donors (Lipinski definition) is 0. The van der Waals surface area contributed by atoms with Crippen LogP contribution in [0.1, 0.15) is 225 Å². The molecule has 0 bridgehead atoms. The van der Waals surface area contributed by atoms with Crippen molar-refractivity contribution in [2.24, 2.45) is 9.98 Å². The van der Waals surface area contributed by atoms with Gasteiger partial charge in [-0.15, -0.1) is 0 Å². The molecular formula is C66H85Cl2FN2O6. The fourth-order valence-corrected chi connectivity index (χ4v) is 9.49. The Hall–Kier alpha value is -5.51. The summed E-state index contributed by atoms with van der Waals surface area (Å²) in [6.07, 6.45) is 40.0.